The monoisotopic (exact) mass is 285 g/mol. The minimum Gasteiger partial charge on any atom is -0.485 e. The van der Waals surface area contributed by atoms with Gasteiger partial charge >= 0.3 is 0 Å². The first-order valence-electron chi connectivity index (χ1n) is 5.00. The molecular weight excluding hydrogens is 274 g/mol. The minimum atomic E-state index is -0.00301. The van der Waals surface area contributed by atoms with Gasteiger partial charge < -0.3 is 14.8 Å². The lowest BCUT2D eigenvalue weighted by atomic mass is 10.1. The van der Waals surface area contributed by atoms with E-state index >= 15 is 0 Å². The van der Waals surface area contributed by atoms with Crippen LogP contribution in [0.2, 0.25) is 0 Å². The zero-order valence-corrected chi connectivity index (χ0v) is 10.5. The Morgan fingerprint density at radius 1 is 1.38 bits per heavy atom. The Balaban J connectivity index is 2.42. The van der Waals surface area contributed by atoms with Crippen LogP contribution in [-0.4, -0.2) is 32.6 Å². The maximum atomic E-state index is 11.8. The molecule has 1 N–H and O–H groups in total. The fraction of sp³-hybridized carbons (Fsp3) is 0.364. The molecule has 1 aliphatic rings. The average Bonchev–Trinajstić information content (AvgIpc) is 2.30. The lowest BCUT2D eigenvalue weighted by Crippen LogP contribution is -2.22. The number of halogens is 1. The Kier molecular flexibility index (Phi) is 3.46. The van der Waals surface area contributed by atoms with Crippen LogP contribution in [0.1, 0.15) is 10.4 Å². The van der Waals surface area contributed by atoms with E-state index in [-0.39, 0.29) is 12.3 Å². The molecule has 1 aromatic rings. The number of ether oxygens (including phenoxy) is 2. The molecule has 86 valence electrons. The molecule has 0 unspecified atom stereocenters. The van der Waals surface area contributed by atoms with E-state index in [2.05, 4.69) is 21.2 Å². The fourth-order valence-corrected chi connectivity index (χ4v) is 2.01. The number of likely N-dealkylation sites (N-methyl/N-ethyl adjacent to an activating group) is 1. The molecule has 4 nitrogen and oxygen atoms in total. The normalized spacial score (nSPS) is 13.6. The van der Waals surface area contributed by atoms with Crippen LogP contribution in [0.25, 0.3) is 0 Å². The summed E-state index contributed by atoms with van der Waals surface area (Å²) in [6.07, 6.45) is 0. The SMILES string of the molecule is CNCC(=O)c1ccc(Br)c2c1OCCO2. The van der Waals surface area contributed by atoms with Gasteiger partial charge in [-0.25, -0.2) is 0 Å². The zero-order valence-electron chi connectivity index (χ0n) is 8.88. The maximum Gasteiger partial charge on any atom is 0.180 e. The van der Waals surface area contributed by atoms with Crippen molar-refractivity contribution in [1.82, 2.24) is 5.32 Å². The lowest BCUT2D eigenvalue weighted by molar-refractivity contribution is 0.0982. The van der Waals surface area contributed by atoms with Gasteiger partial charge in [-0.2, -0.15) is 0 Å². The first kappa shape index (κ1) is 11.4. The van der Waals surface area contributed by atoms with Gasteiger partial charge in [0.15, 0.2) is 17.3 Å². The van der Waals surface area contributed by atoms with Crippen LogP contribution in [0.4, 0.5) is 0 Å². The molecule has 0 atom stereocenters. The molecule has 1 heterocycles. The molecule has 0 bridgehead atoms. The summed E-state index contributed by atoms with van der Waals surface area (Å²) < 4.78 is 11.8. The second-order valence-corrected chi connectivity index (χ2v) is 4.26. The van der Waals surface area contributed by atoms with Gasteiger partial charge in [-0.05, 0) is 35.1 Å². The molecule has 0 amide bonds. The van der Waals surface area contributed by atoms with Crippen LogP contribution in [-0.2, 0) is 0 Å². The van der Waals surface area contributed by atoms with E-state index in [1.165, 1.54) is 0 Å². The van der Waals surface area contributed by atoms with Crippen molar-refractivity contribution < 1.29 is 14.3 Å². The third-order valence-corrected chi connectivity index (χ3v) is 2.90. The quantitative estimate of drug-likeness (QED) is 0.858. The van der Waals surface area contributed by atoms with Gasteiger partial charge in [0, 0.05) is 0 Å². The Bertz CT molecular complexity index is 420. The van der Waals surface area contributed by atoms with Crippen molar-refractivity contribution in [3.05, 3.63) is 22.2 Å². The van der Waals surface area contributed by atoms with Crippen molar-refractivity contribution in [3.63, 3.8) is 0 Å². The number of ketones is 1. The summed E-state index contributed by atoms with van der Waals surface area (Å²) in [4.78, 5) is 11.8. The van der Waals surface area contributed by atoms with Crippen LogP contribution in [0.15, 0.2) is 16.6 Å². The summed E-state index contributed by atoms with van der Waals surface area (Å²) in [6.45, 7) is 1.27. The number of carbonyl (C=O) groups is 1. The summed E-state index contributed by atoms with van der Waals surface area (Å²) in [5.41, 5.74) is 0.562. The fourth-order valence-electron chi connectivity index (χ4n) is 1.58. The number of rotatable bonds is 3. The second kappa shape index (κ2) is 4.84. The molecule has 0 radical (unpaired) electrons. The highest BCUT2D eigenvalue weighted by Crippen LogP contribution is 2.40. The Hall–Kier alpha value is -1.07. The Morgan fingerprint density at radius 3 is 2.75 bits per heavy atom. The number of benzene rings is 1. The highest BCUT2D eigenvalue weighted by atomic mass is 79.9. The summed E-state index contributed by atoms with van der Waals surface area (Å²) in [5, 5.41) is 2.83. The van der Waals surface area contributed by atoms with Gasteiger partial charge in [0.2, 0.25) is 0 Å². The predicted octanol–water partition coefficient (Wildman–Crippen LogP) is 1.62. The van der Waals surface area contributed by atoms with Crippen molar-refractivity contribution >= 4 is 21.7 Å². The van der Waals surface area contributed by atoms with Gasteiger partial charge in [0.1, 0.15) is 13.2 Å². The third kappa shape index (κ3) is 2.05. The van der Waals surface area contributed by atoms with E-state index in [0.29, 0.717) is 30.3 Å². The lowest BCUT2D eigenvalue weighted by Gasteiger charge is -2.21. The van der Waals surface area contributed by atoms with Gasteiger partial charge in [0.05, 0.1) is 16.6 Å². The Morgan fingerprint density at radius 2 is 2.06 bits per heavy atom. The topological polar surface area (TPSA) is 47.6 Å². The minimum absolute atomic E-state index is 0.00301. The summed E-state index contributed by atoms with van der Waals surface area (Å²) in [5.74, 6) is 1.16. The molecule has 2 rings (SSSR count). The summed E-state index contributed by atoms with van der Waals surface area (Å²) in [7, 11) is 1.74. The number of Topliss-reactive ketones (excluding diaryl/α,β-unsaturated/α-hetero) is 1. The zero-order chi connectivity index (χ0) is 11.5. The first-order valence-corrected chi connectivity index (χ1v) is 5.79. The largest absolute Gasteiger partial charge is 0.485 e. The molecule has 0 spiro atoms. The van der Waals surface area contributed by atoms with E-state index < -0.39 is 0 Å². The highest BCUT2D eigenvalue weighted by molar-refractivity contribution is 9.10. The van der Waals surface area contributed by atoms with Crippen molar-refractivity contribution in [1.29, 1.82) is 0 Å². The molecule has 0 aliphatic carbocycles. The van der Waals surface area contributed by atoms with E-state index in [0.717, 1.165) is 4.47 Å². The van der Waals surface area contributed by atoms with Crippen LogP contribution < -0.4 is 14.8 Å². The number of fused-ring (bicyclic) bond motifs is 1. The molecule has 5 heteroatoms. The van der Waals surface area contributed by atoms with Crippen LogP contribution in [0.3, 0.4) is 0 Å². The number of hydrogen-bond acceptors (Lipinski definition) is 4. The molecule has 1 aromatic carbocycles. The van der Waals surface area contributed by atoms with E-state index in [1.54, 1.807) is 19.2 Å². The number of hydrogen-bond donors (Lipinski definition) is 1. The highest BCUT2D eigenvalue weighted by Gasteiger charge is 2.22. The van der Waals surface area contributed by atoms with Gasteiger partial charge in [0.25, 0.3) is 0 Å². The average molecular weight is 286 g/mol. The maximum absolute atomic E-state index is 11.8. The predicted molar refractivity (Wildman–Crippen MR) is 63.4 cm³/mol. The molecule has 0 fully saturated rings. The van der Waals surface area contributed by atoms with Gasteiger partial charge in [-0.3, -0.25) is 4.79 Å². The molecule has 0 aromatic heterocycles. The smallest absolute Gasteiger partial charge is 0.180 e. The van der Waals surface area contributed by atoms with E-state index in [9.17, 15) is 4.79 Å². The molecule has 0 saturated carbocycles. The molecular formula is C11H12BrNO3. The van der Waals surface area contributed by atoms with Crippen molar-refractivity contribution in [2.75, 3.05) is 26.8 Å². The molecule has 0 saturated heterocycles. The molecule has 1 aliphatic heterocycles. The van der Waals surface area contributed by atoms with Gasteiger partial charge in [-0.1, -0.05) is 0 Å². The van der Waals surface area contributed by atoms with Gasteiger partial charge in [-0.15, -0.1) is 0 Å². The van der Waals surface area contributed by atoms with E-state index in [4.69, 9.17) is 9.47 Å². The second-order valence-electron chi connectivity index (χ2n) is 3.40. The molecule has 16 heavy (non-hydrogen) atoms. The Labute approximate surface area is 102 Å². The van der Waals surface area contributed by atoms with E-state index in [1.807, 2.05) is 0 Å². The first-order chi connectivity index (χ1) is 7.74. The van der Waals surface area contributed by atoms with Crippen molar-refractivity contribution in [3.8, 4) is 11.5 Å². The number of carbonyl (C=O) groups excluding carboxylic acids is 1. The summed E-state index contributed by atoms with van der Waals surface area (Å²) in [6, 6.07) is 3.55. The van der Waals surface area contributed by atoms with Crippen molar-refractivity contribution in [2.24, 2.45) is 0 Å². The third-order valence-electron chi connectivity index (χ3n) is 2.28. The van der Waals surface area contributed by atoms with Crippen LogP contribution in [0, 0.1) is 0 Å². The standard InChI is InChI=1S/C11H12BrNO3/c1-13-6-9(14)7-2-3-8(12)11-10(7)15-4-5-16-11/h2-3,13H,4-6H2,1H3. The van der Waals surface area contributed by atoms with Crippen LogP contribution in [0.5, 0.6) is 11.5 Å². The van der Waals surface area contributed by atoms with Crippen molar-refractivity contribution in [2.45, 2.75) is 0 Å². The number of nitrogens with one attached hydrogen (secondary N) is 1. The van der Waals surface area contributed by atoms with Crippen LogP contribution >= 0.6 is 15.9 Å². The summed E-state index contributed by atoms with van der Waals surface area (Å²) >= 11 is 3.37.